The van der Waals surface area contributed by atoms with Gasteiger partial charge in [-0.1, -0.05) is 13.8 Å². The van der Waals surface area contributed by atoms with Crippen molar-refractivity contribution in [2.24, 2.45) is 5.73 Å². The average molecular weight is 331 g/mol. The first-order valence-electron chi connectivity index (χ1n) is 6.85. The van der Waals surface area contributed by atoms with Crippen molar-refractivity contribution < 1.29 is 9.72 Å². The van der Waals surface area contributed by atoms with Crippen molar-refractivity contribution in [2.75, 3.05) is 12.3 Å². The Morgan fingerprint density at radius 1 is 1.36 bits per heavy atom. The molecule has 5 N–H and O–H groups in total. The number of hydrogen-bond acceptors (Lipinski definition) is 5. The number of nitro groups is 1. The topological polar surface area (TPSA) is 124 Å². The monoisotopic (exact) mass is 330 g/mol. The molecule has 0 aliphatic heterocycles. The fraction of sp³-hybridized carbons (Fsp3) is 0.500. The number of rotatable bonds is 6. The van der Waals surface area contributed by atoms with Gasteiger partial charge in [-0.25, -0.2) is 0 Å². The highest BCUT2D eigenvalue weighted by atomic mass is 35.5. The summed E-state index contributed by atoms with van der Waals surface area (Å²) in [5, 5.41) is 13.6. The summed E-state index contributed by atoms with van der Waals surface area (Å²) in [7, 11) is 0. The zero-order chi connectivity index (χ0) is 16.2. The van der Waals surface area contributed by atoms with E-state index in [0.29, 0.717) is 24.9 Å². The van der Waals surface area contributed by atoms with E-state index in [1.54, 1.807) is 6.92 Å². The normalized spacial score (nSPS) is 10.7. The predicted molar refractivity (Wildman–Crippen MR) is 89.3 cm³/mol. The minimum Gasteiger partial charge on any atom is -0.393 e. The number of nitro benzene ring substituents is 1. The highest BCUT2D eigenvalue weighted by Crippen LogP contribution is 2.27. The van der Waals surface area contributed by atoms with Gasteiger partial charge < -0.3 is 16.8 Å². The van der Waals surface area contributed by atoms with Crippen molar-refractivity contribution in [2.45, 2.75) is 39.2 Å². The summed E-state index contributed by atoms with van der Waals surface area (Å²) in [4.78, 5) is 22.5. The number of amides is 1. The van der Waals surface area contributed by atoms with Gasteiger partial charge >= 0.3 is 0 Å². The number of nitrogens with zero attached hydrogens (tertiary/aromatic N) is 1. The minimum atomic E-state index is -0.593. The summed E-state index contributed by atoms with van der Waals surface area (Å²) in [5.74, 6) is -0.448. The molecular formula is C14H23ClN4O3. The molecule has 0 aliphatic rings. The third kappa shape index (κ3) is 4.57. The molecule has 0 fully saturated rings. The number of carbonyl (C=O) groups is 1. The molecule has 0 radical (unpaired) electrons. The molecule has 1 aromatic carbocycles. The molecule has 1 aromatic rings. The second-order valence-electron chi connectivity index (χ2n) is 5.25. The first-order valence-corrected chi connectivity index (χ1v) is 6.85. The predicted octanol–water partition coefficient (Wildman–Crippen LogP) is 2.15. The van der Waals surface area contributed by atoms with Crippen LogP contribution in [0.3, 0.4) is 0 Å². The van der Waals surface area contributed by atoms with Crippen LogP contribution in [0.2, 0.25) is 0 Å². The third-order valence-corrected chi connectivity index (χ3v) is 3.75. The van der Waals surface area contributed by atoms with Gasteiger partial charge in [-0.05, 0) is 31.4 Å². The van der Waals surface area contributed by atoms with Gasteiger partial charge in [0.1, 0.15) is 5.69 Å². The van der Waals surface area contributed by atoms with Gasteiger partial charge in [-0.3, -0.25) is 14.9 Å². The molecular weight excluding hydrogens is 308 g/mol. The molecule has 0 aromatic heterocycles. The number of aryl methyl sites for hydroxylation is 1. The second-order valence-corrected chi connectivity index (χ2v) is 5.25. The Kier molecular flexibility index (Phi) is 7.28. The molecule has 1 amide bonds. The van der Waals surface area contributed by atoms with Gasteiger partial charge in [0.05, 0.1) is 10.5 Å². The molecule has 1 rings (SSSR count). The van der Waals surface area contributed by atoms with Crippen LogP contribution in [0.1, 0.15) is 42.6 Å². The molecule has 7 nitrogen and oxygen atoms in total. The van der Waals surface area contributed by atoms with Crippen molar-refractivity contribution >= 4 is 29.7 Å². The molecule has 124 valence electrons. The lowest BCUT2D eigenvalue weighted by Gasteiger charge is -2.26. The maximum absolute atomic E-state index is 12.2. The molecule has 0 bridgehead atoms. The van der Waals surface area contributed by atoms with Crippen molar-refractivity contribution in [3.8, 4) is 0 Å². The van der Waals surface area contributed by atoms with Gasteiger partial charge in [0.25, 0.3) is 11.6 Å². The summed E-state index contributed by atoms with van der Waals surface area (Å²) < 4.78 is 0. The smallest absolute Gasteiger partial charge is 0.293 e. The van der Waals surface area contributed by atoms with Crippen molar-refractivity contribution in [1.82, 2.24) is 5.32 Å². The SMILES string of the molecule is CCC(N)(CC)CNC(=O)c1cc(C)cc([N+](=O)[O-])c1N.Cl. The Balaban J connectivity index is 0.00000441. The zero-order valence-electron chi connectivity index (χ0n) is 13.0. The van der Waals surface area contributed by atoms with E-state index < -0.39 is 16.4 Å². The molecule has 0 saturated carbocycles. The highest BCUT2D eigenvalue weighted by molar-refractivity contribution is 6.01. The Labute approximate surface area is 136 Å². The Bertz CT molecular complexity index is 559. The lowest BCUT2D eigenvalue weighted by atomic mass is 9.94. The summed E-state index contributed by atoms with van der Waals surface area (Å²) in [6, 6.07) is 2.88. The fourth-order valence-corrected chi connectivity index (χ4v) is 1.97. The van der Waals surface area contributed by atoms with Crippen molar-refractivity contribution in [3.63, 3.8) is 0 Å². The van der Waals surface area contributed by atoms with E-state index in [9.17, 15) is 14.9 Å². The van der Waals surface area contributed by atoms with Gasteiger partial charge in [0, 0.05) is 18.2 Å². The molecule has 0 spiro atoms. The van der Waals surface area contributed by atoms with Gasteiger partial charge in [-0.2, -0.15) is 0 Å². The van der Waals surface area contributed by atoms with Crippen LogP contribution in [0.4, 0.5) is 11.4 Å². The second kappa shape index (κ2) is 7.95. The van der Waals surface area contributed by atoms with E-state index >= 15 is 0 Å². The number of nitrogens with one attached hydrogen (secondary N) is 1. The van der Waals surface area contributed by atoms with Crippen LogP contribution in [0.5, 0.6) is 0 Å². The minimum absolute atomic E-state index is 0. The first-order chi connectivity index (χ1) is 9.74. The quantitative estimate of drug-likeness (QED) is 0.419. The van der Waals surface area contributed by atoms with E-state index in [4.69, 9.17) is 11.5 Å². The molecule has 0 unspecified atom stereocenters. The number of halogens is 1. The number of nitrogen functional groups attached to an aromatic ring is 1. The van der Waals surface area contributed by atoms with E-state index in [-0.39, 0.29) is 29.3 Å². The molecule has 0 atom stereocenters. The van der Waals surface area contributed by atoms with Crippen LogP contribution in [0.25, 0.3) is 0 Å². The van der Waals surface area contributed by atoms with Crippen molar-refractivity contribution in [1.29, 1.82) is 0 Å². The van der Waals surface area contributed by atoms with Crippen LogP contribution in [-0.4, -0.2) is 22.9 Å². The van der Waals surface area contributed by atoms with Crippen LogP contribution < -0.4 is 16.8 Å². The standard InChI is InChI=1S/C14H22N4O3.ClH/c1-4-14(16,5-2)8-17-13(19)10-6-9(3)7-11(12(10)15)18(20)21;/h6-7H,4-5,8,15-16H2,1-3H3,(H,17,19);1H. The maximum atomic E-state index is 12.2. The zero-order valence-corrected chi connectivity index (χ0v) is 13.8. The number of carbonyl (C=O) groups excluding carboxylic acids is 1. The maximum Gasteiger partial charge on any atom is 0.293 e. The van der Waals surface area contributed by atoms with Gasteiger partial charge in [0.2, 0.25) is 0 Å². The summed E-state index contributed by atoms with van der Waals surface area (Å²) in [6.45, 7) is 5.86. The van der Waals surface area contributed by atoms with Crippen LogP contribution in [0, 0.1) is 17.0 Å². The number of anilines is 1. The number of nitrogens with two attached hydrogens (primary N) is 2. The Hall–Kier alpha value is -1.86. The summed E-state index contributed by atoms with van der Waals surface area (Å²) in [6.07, 6.45) is 1.43. The molecule has 0 heterocycles. The lowest BCUT2D eigenvalue weighted by molar-refractivity contribution is -0.384. The van der Waals surface area contributed by atoms with Gasteiger partial charge in [-0.15, -0.1) is 12.4 Å². The van der Waals surface area contributed by atoms with Crippen LogP contribution >= 0.6 is 12.4 Å². The average Bonchev–Trinajstić information content (AvgIpc) is 2.46. The van der Waals surface area contributed by atoms with E-state index in [1.165, 1.54) is 12.1 Å². The Morgan fingerprint density at radius 3 is 2.36 bits per heavy atom. The van der Waals surface area contributed by atoms with E-state index in [2.05, 4.69) is 5.32 Å². The molecule has 0 saturated heterocycles. The van der Waals surface area contributed by atoms with Gasteiger partial charge in [0.15, 0.2) is 0 Å². The largest absolute Gasteiger partial charge is 0.393 e. The molecule has 8 heteroatoms. The first kappa shape index (κ1) is 20.1. The summed E-state index contributed by atoms with van der Waals surface area (Å²) >= 11 is 0. The van der Waals surface area contributed by atoms with Crippen molar-refractivity contribution in [3.05, 3.63) is 33.4 Å². The van der Waals surface area contributed by atoms with Crippen LogP contribution in [-0.2, 0) is 0 Å². The number of hydrogen-bond donors (Lipinski definition) is 3. The number of benzene rings is 1. The lowest BCUT2D eigenvalue weighted by Crippen LogP contribution is -2.49. The van der Waals surface area contributed by atoms with Crippen LogP contribution in [0.15, 0.2) is 12.1 Å². The fourth-order valence-electron chi connectivity index (χ4n) is 1.97. The molecule has 22 heavy (non-hydrogen) atoms. The highest BCUT2D eigenvalue weighted by Gasteiger charge is 2.24. The van der Waals surface area contributed by atoms with E-state index in [1.807, 2.05) is 13.8 Å². The third-order valence-electron chi connectivity index (χ3n) is 3.75. The molecule has 0 aliphatic carbocycles. The summed E-state index contributed by atoms with van der Waals surface area (Å²) in [5.41, 5.74) is 11.7. The Morgan fingerprint density at radius 2 is 1.91 bits per heavy atom. The van der Waals surface area contributed by atoms with E-state index in [0.717, 1.165) is 0 Å².